The zero-order valence-electron chi connectivity index (χ0n) is 27.2. The molecule has 4 aromatic rings. The number of rotatable bonds is 12. The van der Waals surface area contributed by atoms with Crippen LogP contribution in [0.15, 0.2) is 102 Å². The van der Waals surface area contributed by atoms with Gasteiger partial charge in [0.1, 0.15) is 18.4 Å². The highest BCUT2D eigenvalue weighted by atomic mass is 32.2. The molecule has 1 fully saturated rings. The van der Waals surface area contributed by atoms with Crippen molar-refractivity contribution in [1.82, 2.24) is 10.2 Å². The van der Waals surface area contributed by atoms with Crippen LogP contribution in [-0.2, 0) is 32.6 Å². The summed E-state index contributed by atoms with van der Waals surface area (Å²) in [4.78, 5) is 30.2. The fourth-order valence-corrected chi connectivity index (χ4v) is 7.57. The molecule has 9 heteroatoms. The molecule has 2 amide bonds. The van der Waals surface area contributed by atoms with Gasteiger partial charge in [0.2, 0.25) is 11.8 Å². The van der Waals surface area contributed by atoms with Crippen molar-refractivity contribution < 1.29 is 22.4 Å². The van der Waals surface area contributed by atoms with Gasteiger partial charge in [-0.1, -0.05) is 79.1 Å². The maximum atomic E-state index is 14.6. The van der Waals surface area contributed by atoms with Crippen molar-refractivity contribution in [2.24, 2.45) is 0 Å². The van der Waals surface area contributed by atoms with Gasteiger partial charge in [0.05, 0.1) is 10.6 Å². The Hall–Kier alpha value is -4.50. The Morgan fingerprint density at radius 2 is 1.43 bits per heavy atom. The van der Waals surface area contributed by atoms with E-state index in [9.17, 15) is 22.4 Å². The molecule has 5 rings (SSSR count). The highest BCUT2D eigenvalue weighted by Crippen LogP contribution is 2.28. The third kappa shape index (κ3) is 8.65. The molecule has 1 aliphatic rings. The van der Waals surface area contributed by atoms with E-state index < -0.39 is 34.3 Å². The van der Waals surface area contributed by atoms with E-state index in [1.165, 1.54) is 29.2 Å². The number of carbonyl (C=O) groups is 2. The van der Waals surface area contributed by atoms with E-state index in [1.54, 1.807) is 36.4 Å². The zero-order valence-corrected chi connectivity index (χ0v) is 28.0. The Bertz CT molecular complexity index is 1770. The van der Waals surface area contributed by atoms with Crippen LogP contribution < -0.4 is 9.62 Å². The molecule has 47 heavy (non-hydrogen) atoms. The Morgan fingerprint density at radius 1 is 0.809 bits per heavy atom. The largest absolute Gasteiger partial charge is 0.352 e. The number of halogens is 1. The average Bonchev–Trinajstić information content (AvgIpc) is 3.55. The lowest BCUT2D eigenvalue weighted by molar-refractivity contribution is -0.140. The summed E-state index contributed by atoms with van der Waals surface area (Å²) in [6, 6.07) is 26.2. The van der Waals surface area contributed by atoms with Crippen LogP contribution in [0.25, 0.3) is 0 Å². The van der Waals surface area contributed by atoms with Gasteiger partial charge in [-0.05, 0) is 92.3 Å². The molecule has 0 radical (unpaired) electrons. The van der Waals surface area contributed by atoms with E-state index in [2.05, 4.69) is 5.32 Å². The SMILES string of the molecule is Cc1ccc(S(=O)(=O)N(CC(=O)N(Cc2ccc(F)cc2)[C@@H](Cc2ccccc2)C(=O)NC2CCCC2)c2cc(C)cc(C)c2)cc1. The molecular formula is C38H42FN3O4S. The van der Waals surface area contributed by atoms with Gasteiger partial charge in [-0.3, -0.25) is 13.9 Å². The lowest BCUT2D eigenvalue weighted by Gasteiger charge is -2.34. The fourth-order valence-electron chi connectivity index (χ4n) is 6.17. The lowest BCUT2D eigenvalue weighted by Crippen LogP contribution is -2.54. The number of sulfonamides is 1. The Morgan fingerprint density at radius 3 is 2.04 bits per heavy atom. The molecule has 0 heterocycles. The van der Waals surface area contributed by atoms with Crippen molar-refractivity contribution in [1.29, 1.82) is 0 Å². The minimum atomic E-state index is -4.20. The summed E-state index contributed by atoms with van der Waals surface area (Å²) in [5.74, 6) is -1.26. The lowest BCUT2D eigenvalue weighted by atomic mass is 10.0. The smallest absolute Gasteiger partial charge is 0.264 e. The summed E-state index contributed by atoms with van der Waals surface area (Å²) in [7, 11) is -4.20. The third-order valence-electron chi connectivity index (χ3n) is 8.62. The van der Waals surface area contributed by atoms with E-state index in [0.717, 1.165) is 52.2 Å². The highest BCUT2D eigenvalue weighted by Gasteiger charge is 2.35. The molecule has 1 aliphatic carbocycles. The predicted octanol–water partition coefficient (Wildman–Crippen LogP) is 6.65. The number of nitrogens with zero attached hydrogens (tertiary/aromatic N) is 2. The molecule has 246 valence electrons. The Kier molecular flexibility index (Phi) is 10.8. The van der Waals surface area contributed by atoms with Crippen molar-refractivity contribution in [3.8, 4) is 0 Å². The monoisotopic (exact) mass is 655 g/mol. The van der Waals surface area contributed by atoms with Crippen molar-refractivity contribution in [3.63, 3.8) is 0 Å². The number of carbonyl (C=O) groups excluding carboxylic acids is 2. The van der Waals surface area contributed by atoms with Gasteiger partial charge in [0.25, 0.3) is 10.0 Å². The van der Waals surface area contributed by atoms with Crippen molar-refractivity contribution >= 4 is 27.5 Å². The minimum absolute atomic E-state index is 0.0113. The van der Waals surface area contributed by atoms with Crippen LogP contribution in [0.1, 0.15) is 53.5 Å². The summed E-state index contributed by atoms with van der Waals surface area (Å²) >= 11 is 0. The minimum Gasteiger partial charge on any atom is -0.352 e. The van der Waals surface area contributed by atoms with Gasteiger partial charge in [-0.2, -0.15) is 0 Å². The Labute approximate surface area is 277 Å². The van der Waals surface area contributed by atoms with Crippen LogP contribution in [0, 0.1) is 26.6 Å². The first-order valence-electron chi connectivity index (χ1n) is 16.1. The second-order valence-corrected chi connectivity index (χ2v) is 14.4. The zero-order chi connectivity index (χ0) is 33.6. The molecule has 7 nitrogen and oxygen atoms in total. The second-order valence-electron chi connectivity index (χ2n) is 12.5. The topological polar surface area (TPSA) is 86.8 Å². The molecule has 0 saturated heterocycles. The van der Waals surface area contributed by atoms with Crippen molar-refractivity contribution in [3.05, 3.63) is 131 Å². The molecule has 1 atom stereocenters. The number of hydrogen-bond donors (Lipinski definition) is 1. The number of anilines is 1. The van der Waals surface area contributed by atoms with Gasteiger partial charge in [0, 0.05) is 19.0 Å². The van der Waals surface area contributed by atoms with Crippen molar-refractivity contribution in [2.45, 2.75) is 76.4 Å². The first kappa shape index (κ1) is 33.9. The van der Waals surface area contributed by atoms with E-state index in [1.807, 2.05) is 57.2 Å². The maximum absolute atomic E-state index is 14.6. The predicted molar refractivity (Wildman–Crippen MR) is 183 cm³/mol. The van der Waals surface area contributed by atoms with Gasteiger partial charge in [-0.15, -0.1) is 0 Å². The highest BCUT2D eigenvalue weighted by molar-refractivity contribution is 7.92. The number of nitrogens with one attached hydrogen (secondary N) is 1. The fraction of sp³-hybridized carbons (Fsp3) is 0.316. The van der Waals surface area contributed by atoms with Crippen LogP contribution in [0.3, 0.4) is 0 Å². The van der Waals surface area contributed by atoms with Crippen LogP contribution in [0.5, 0.6) is 0 Å². The van der Waals surface area contributed by atoms with E-state index in [4.69, 9.17) is 0 Å². The third-order valence-corrected chi connectivity index (χ3v) is 10.4. The quantitative estimate of drug-likeness (QED) is 0.185. The molecule has 0 bridgehead atoms. The van der Waals surface area contributed by atoms with E-state index >= 15 is 0 Å². The van der Waals surface area contributed by atoms with Gasteiger partial charge in [-0.25, -0.2) is 12.8 Å². The van der Waals surface area contributed by atoms with Crippen LogP contribution in [-0.4, -0.2) is 43.8 Å². The molecular weight excluding hydrogens is 614 g/mol. The number of hydrogen-bond acceptors (Lipinski definition) is 4. The summed E-state index contributed by atoms with van der Waals surface area (Å²) in [5.41, 5.74) is 4.42. The summed E-state index contributed by atoms with van der Waals surface area (Å²) in [6.07, 6.45) is 4.00. The van der Waals surface area contributed by atoms with Gasteiger partial charge < -0.3 is 10.2 Å². The summed E-state index contributed by atoms with van der Waals surface area (Å²) in [5, 5.41) is 3.17. The van der Waals surface area contributed by atoms with E-state index in [0.29, 0.717) is 11.3 Å². The van der Waals surface area contributed by atoms with Crippen LogP contribution in [0.4, 0.5) is 10.1 Å². The summed E-state index contributed by atoms with van der Waals surface area (Å²) in [6.45, 7) is 5.07. The Balaban J connectivity index is 1.58. The normalized spacial score (nSPS) is 14.0. The van der Waals surface area contributed by atoms with E-state index in [-0.39, 0.29) is 29.8 Å². The first-order valence-corrected chi connectivity index (χ1v) is 17.5. The first-order chi connectivity index (χ1) is 22.5. The van der Waals surface area contributed by atoms with Crippen LogP contribution in [0.2, 0.25) is 0 Å². The van der Waals surface area contributed by atoms with Gasteiger partial charge in [0.15, 0.2) is 0 Å². The molecule has 0 aromatic heterocycles. The molecule has 1 N–H and O–H groups in total. The second kappa shape index (κ2) is 14.9. The average molecular weight is 656 g/mol. The van der Waals surface area contributed by atoms with Crippen molar-refractivity contribution in [2.75, 3.05) is 10.8 Å². The molecule has 1 saturated carbocycles. The van der Waals surface area contributed by atoms with Gasteiger partial charge >= 0.3 is 0 Å². The number of benzene rings is 4. The number of amides is 2. The number of aryl methyl sites for hydroxylation is 3. The summed E-state index contributed by atoms with van der Waals surface area (Å²) < 4.78 is 43.6. The molecule has 0 spiro atoms. The maximum Gasteiger partial charge on any atom is 0.264 e. The van der Waals surface area contributed by atoms with Crippen LogP contribution >= 0.6 is 0 Å². The standard InChI is InChI=1S/C38H42FN3O4S/c1-27-13-19-35(20-14-27)47(45,46)42(34-22-28(2)21-29(3)23-34)26-37(43)41(25-31-15-17-32(39)18-16-31)36(24-30-9-5-4-6-10-30)38(44)40-33-11-7-8-12-33/h4-6,9-10,13-23,33,36H,7-8,11-12,24-26H2,1-3H3,(H,40,44)/t36-/m0/s1. The molecule has 4 aromatic carbocycles. The molecule has 0 aliphatic heterocycles. The molecule has 0 unspecified atom stereocenters.